The molecule has 2 N–H and O–H groups in total. The van der Waals surface area contributed by atoms with Crippen LogP contribution in [0.4, 0.5) is 16.5 Å². The number of nitrogens with zero attached hydrogens (tertiary/aromatic N) is 4. The molecule has 0 saturated carbocycles. The van der Waals surface area contributed by atoms with E-state index in [0.717, 1.165) is 10.6 Å². The van der Waals surface area contributed by atoms with Crippen LogP contribution in [-0.4, -0.2) is 21.3 Å². The van der Waals surface area contributed by atoms with Gasteiger partial charge in [-0.05, 0) is 17.7 Å². The van der Waals surface area contributed by atoms with E-state index in [4.69, 9.17) is 5.73 Å². The molecule has 0 bridgehead atoms. The minimum Gasteiger partial charge on any atom is -0.374 e. The average molecular weight is 325 g/mol. The highest BCUT2D eigenvalue weighted by atomic mass is 32.1. The molecule has 0 aliphatic rings. The van der Waals surface area contributed by atoms with E-state index in [9.17, 15) is 10.1 Å². The quantitative estimate of drug-likeness (QED) is 0.449. The van der Waals surface area contributed by atoms with Crippen LogP contribution in [0.25, 0.3) is 10.6 Å². The third-order valence-corrected chi connectivity index (χ3v) is 3.78. The maximum Gasteiger partial charge on any atom is 0.270 e. The van der Waals surface area contributed by atoms with E-state index in [1.54, 1.807) is 18.3 Å². The molecule has 1 heterocycles. The standard InChI is InChI=1S/C15H11N5O2S/c16-15-19-18-14(23-15)11-4-2-5-12(8-11)17-9-10-3-1-6-13(7-10)20(21)22/h1-9H,(H2,16,19). The van der Waals surface area contributed by atoms with Crippen molar-refractivity contribution in [3.05, 3.63) is 64.2 Å². The van der Waals surface area contributed by atoms with Gasteiger partial charge in [-0.3, -0.25) is 15.1 Å². The third kappa shape index (κ3) is 3.55. The van der Waals surface area contributed by atoms with Crippen molar-refractivity contribution < 1.29 is 4.92 Å². The van der Waals surface area contributed by atoms with E-state index in [0.29, 0.717) is 16.4 Å². The Morgan fingerprint density at radius 1 is 1.17 bits per heavy atom. The van der Waals surface area contributed by atoms with E-state index in [2.05, 4.69) is 15.2 Å². The number of nitrogen functional groups attached to an aromatic ring is 1. The first kappa shape index (κ1) is 14.8. The van der Waals surface area contributed by atoms with Crippen molar-refractivity contribution in [2.45, 2.75) is 0 Å². The number of aromatic nitrogens is 2. The van der Waals surface area contributed by atoms with Crippen molar-refractivity contribution in [2.24, 2.45) is 4.99 Å². The first-order valence-corrected chi connectivity index (χ1v) is 7.41. The van der Waals surface area contributed by atoms with Gasteiger partial charge in [-0.25, -0.2) is 0 Å². The van der Waals surface area contributed by atoms with Crippen molar-refractivity contribution >= 4 is 34.1 Å². The lowest BCUT2D eigenvalue weighted by Gasteiger charge is -1.98. The summed E-state index contributed by atoms with van der Waals surface area (Å²) in [5.74, 6) is 0. The predicted molar refractivity (Wildman–Crippen MR) is 90.1 cm³/mol. The van der Waals surface area contributed by atoms with Gasteiger partial charge in [0.25, 0.3) is 5.69 Å². The van der Waals surface area contributed by atoms with Gasteiger partial charge in [0.05, 0.1) is 10.6 Å². The third-order valence-electron chi connectivity index (χ3n) is 2.98. The summed E-state index contributed by atoms with van der Waals surface area (Å²) in [5.41, 5.74) is 7.86. The summed E-state index contributed by atoms with van der Waals surface area (Å²) >= 11 is 1.30. The zero-order chi connectivity index (χ0) is 16.2. The molecule has 0 amide bonds. The predicted octanol–water partition coefficient (Wildman–Crippen LogP) is 3.45. The Kier molecular flexibility index (Phi) is 4.07. The van der Waals surface area contributed by atoms with E-state index >= 15 is 0 Å². The fourth-order valence-electron chi connectivity index (χ4n) is 1.94. The van der Waals surface area contributed by atoms with Crippen molar-refractivity contribution in [1.82, 2.24) is 10.2 Å². The lowest BCUT2D eigenvalue weighted by molar-refractivity contribution is -0.384. The Bertz CT molecular complexity index is 891. The number of aliphatic imine (C=N–C) groups is 1. The second-order valence-corrected chi connectivity index (χ2v) is 5.62. The van der Waals surface area contributed by atoms with Gasteiger partial charge in [-0.1, -0.05) is 35.6 Å². The minimum absolute atomic E-state index is 0.0343. The van der Waals surface area contributed by atoms with Crippen LogP contribution in [0.5, 0.6) is 0 Å². The summed E-state index contributed by atoms with van der Waals surface area (Å²) in [6, 6.07) is 13.7. The molecule has 3 rings (SSSR count). The number of non-ortho nitro benzene ring substituents is 1. The number of nitrogens with two attached hydrogens (primary N) is 1. The molecule has 0 atom stereocenters. The lowest BCUT2D eigenvalue weighted by atomic mass is 10.2. The van der Waals surface area contributed by atoms with Crippen LogP contribution in [0.15, 0.2) is 53.5 Å². The zero-order valence-electron chi connectivity index (χ0n) is 11.8. The molecule has 0 aliphatic carbocycles. The number of hydrogen-bond acceptors (Lipinski definition) is 7. The Labute approximate surface area is 135 Å². The topological polar surface area (TPSA) is 107 Å². The monoisotopic (exact) mass is 325 g/mol. The van der Waals surface area contributed by atoms with E-state index in [-0.39, 0.29) is 5.69 Å². The van der Waals surface area contributed by atoms with Crippen LogP contribution in [0.2, 0.25) is 0 Å². The Morgan fingerprint density at radius 2 is 2.00 bits per heavy atom. The molecule has 2 aromatic carbocycles. The molecule has 23 heavy (non-hydrogen) atoms. The van der Waals surface area contributed by atoms with Crippen LogP contribution in [0.3, 0.4) is 0 Å². The first-order chi connectivity index (χ1) is 11.1. The molecule has 8 heteroatoms. The maximum absolute atomic E-state index is 10.8. The van der Waals surface area contributed by atoms with Gasteiger partial charge in [-0.15, -0.1) is 10.2 Å². The van der Waals surface area contributed by atoms with Crippen molar-refractivity contribution in [2.75, 3.05) is 5.73 Å². The molecular weight excluding hydrogens is 314 g/mol. The first-order valence-electron chi connectivity index (χ1n) is 6.60. The van der Waals surface area contributed by atoms with Crippen molar-refractivity contribution in [3.8, 4) is 10.6 Å². The van der Waals surface area contributed by atoms with E-state index < -0.39 is 4.92 Å². The van der Waals surface area contributed by atoms with Crippen molar-refractivity contribution in [1.29, 1.82) is 0 Å². The normalized spacial score (nSPS) is 11.0. The largest absolute Gasteiger partial charge is 0.374 e. The fourth-order valence-corrected chi connectivity index (χ4v) is 2.54. The highest BCUT2D eigenvalue weighted by molar-refractivity contribution is 7.18. The molecule has 3 aromatic rings. The molecular formula is C15H11N5O2S. The number of rotatable bonds is 4. The van der Waals surface area contributed by atoms with Gasteiger partial charge in [0.1, 0.15) is 5.01 Å². The molecule has 0 unspecified atom stereocenters. The molecule has 0 spiro atoms. The van der Waals surface area contributed by atoms with Gasteiger partial charge in [0.2, 0.25) is 5.13 Å². The molecule has 0 fully saturated rings. The summed E-state index contributed by atoms with van der Waals surface area (Å²) in [4.78, 5) is 14.7. The minimum atomic E-state index is -0.433. The number of anilines is 1. The van der Waals surface area contributed by atoms with Crippen LogP contribution >= 0.6 is 11.3 Å². The summed E-state index contributed by atoms with van der Waals surface area (Å²) < 4.78 is 0. The average Bonchev–Trinajstić information content (AvgIpc) is 3.00. The summed E-state index contributed by atoms with van der Waals surface area (Å²) in [6.45, 7) is 0. The van der Waals surface area contributed by atoms with Gasteiger partial charge >= 0.3 is 0 Å². The lowest BCUT2D eigenvalue weighted by Crippen LogP contribution is -1.89. The molecule has 114 valence electrons. The van der Waals surface area contributed by atoms with Crippen LogP contribution in [0, 0.1) is 10.1 Å². The molecule has 0 radical (unpaired) electrons. The SMILES string of the molecule is Nc1nnc(-c2cccc(N=Cc3cccc([N+](=O)[O-])c3)c2)s1. The van der Waals surface area contributed by atoms with E-state index in [1.807, 2.05) is 24.3 Å². The highest BCUT2D eigenvalue weighted by Crippen LogP contribution is 2.27. The highest BCUT2D eigenvalue weighted by Gasteiger charge is 2.06. The van der Waals surface area contributed by atoms with Gasteiger partial charge in [0.15, 0.2) is 0 Å². The maximum atomic E-state index is 10.8. The summed E-state index contributed by atoms with van der Waals surface area (Å²) in [7, 11) is 0. The van der Waals surface area contributed by atoms with Crippen molar-refractivity contribution in [3.63, 3.8) is 0 Å². The van der Waals surface area contributed by atoms with Gasteiger partial charge in [0, 0.05) is 23.9 Å². The van der Waals surface area contributed by atoms with Crippen LogP contribution in [-0.2, 0) is 0 Å². The fraction of sp³-hybridized carbons (Fsp3) is 0. The van der Waals surface area contributed by atoms with Crippen LogP contribution in [0.1, 0.15) is 5.56 Å². The molecule has 0 aliphatic heterocycles. The Hall–Kier alpha value is -3.13. The summed E-state index contributed by atoms with van der Waals surface area (Å²) in [6.07, 6.45) is 1.58. The second kappa shape index (κ2) is 6.32. The summed E-state index contributed by atoms with van der Waals surface area (Å²) in [5, 5.41) is 19.7. The van der Waals surface area contributed by atoms with Gasteiger partial charge in [-0.2, -0.15) is 0 Å². The number of nitro groups is 1. The Balaban J connectivity index is 1.85. The zero-order valence-corrected chi connectivity index (χ0v) is 12.6. The number of benzene rings is 2. The van der Waals surface area contributed by atoms with E-state index in [1.165, 1.54) is 23.5 Å². The molecule has 1 aromatic heterocycles. The van der Waals surface area contributed by atoms with Crippen LogP contribution < -0.4 is 5.73 Å². The molecule has 0 saturated heterocycles. The number of nitro benzene ring substituents is 1. The smallest absolute Gasteiger partial charge is 0.270 e. The molecule has 7 nitrogen and oxygen atoms in total. The second-order valence-electron chi connectivity index (χ2n) is 4.61. The Morgan fingerprint density at radius 3 is 2.74 bits per heavy atom. The number of hydrogen-bond donors (Lipinski definition) is 1. The van der Waals surface area contributed by atoms with Gasteiger partial charge < -0.3 is 5.73 Å².